The highest BCUT2D eigenvalue weighted by molar-refractivity contribution is 7.89. The number of rotatable bonds is 5. The fraction of sp³-hybridized carbons (Fsp3) is 0.375. The van der Waals surface area contributed by atoms with Gasteiger partial charge in [-0.3, -0.25) is 0 Å². The van der Waals surface area contributed by atoms with E-state index in [9.17, 15) is 12.8 Å². The molecule has 1 aromatic carbocycles. The van der Waals surface area contributed by atoms with Crippen molar-refractivity contribution in [1.29, 1.82) is 0 Å². The molecule has 7 nitrogen and oxygen atoms in total. The molecule has 25 heavy (non-hydrogen) atoms. The van der Waals surface area contributed by atoms with Crippen LogP contribution in [0.15, 0.2) is 41.6 Å². The zero-order chi connectivity index (χ0) is 17.9. The molecule has 1 aliphatic heterocycles. The number of hydrogen-bond donors (Lipinski definition) is 0. The lowest BCUT2D eigenvalue weighted by Crippen LogP contribution is -2.44. The van der Waals surface area contributed by atoms with Crippen molar-refractivity contribution in [3.05, 3.63) is 42.5 Å². The molecule has 0 saturated carbocycles. The van der Waals surface area contributed by atoms with Gasteiger partial charge >= 0.3 is 0 Å². The van der Waals surface area contributed by atoms with Crippen molar-refractivity contribution in [2.75, 3.05) is 20.2 Å². The first-order chi connectivity index (χ1) is 12.0. The summed E-state index contributed by atoms with van der Waals surface area (Å²) in [6, 6.07) is 4.99. The summed E-state index contributed by atoms with van der Waals surface area (Å²) in [5.74, 6) is -0.122. The molecule has 0 radical (unpaired) electrons. The Morgan fingerprint density at radius 2 is 2.00 bits per heavy atom. The lowest BCUT2D eigenvalue weighted by atomic mass is 10.1. The number of benzene rings is 1. The van der Waals surface area contributed by atoms with Crippen LogP contribution in [0.3, 0.4) is 0 Å². The molecule has 9 heteroatoms. The molecule has 1 unspecified atom stereocenters. The van der Waals surface area contributed by atoms with Crippen molar-refractivity contribution in [3.8, 4) is 11.8 Å². The summed E-state index contributed by atoms with van der Waals surface area (Å²) in [5.41, 5.74) is 0. The van der Waals surface area contributed by atoms with E-state index < -0.39 is 15.8 Å². The first kappa shape index (κ1) is 17.6. The molecule has 0 bridgehead atoms. The highest BCUT2D eigenvalue weighted by Crippen LogP contribution is 2.26. The third-order valence-electron chi connectivity index (χ3n) is 3.88. The van der Waals surface area contributed by atoms with Gasteiger partial charge in [0.15, 0.2) is 0 Å². The Balaban J connectivity index is 1.77. The van der Waals surface area contributed by atoms with Gasteiger partial charge in [-0.1, -0.05) is 6.07 Å². The number of sulfonamides is 1. The highest BCUT2D eigenvalue weighted by Gasteiger charge is 2.32. The van der Waals surface area contributed by atoms with Crippen LogP contribution >= 0.6 is 0 Å². The molecule has 0 spiro atoms. The standard InChI is InChI=1S/C16H18FN3O4S/c1-23-15-16(19-8-7-18-15)24-13-5-3-9-20(11-13)25(21,22)14-6-2-4-12(17)10-14/h2,4,6-8,10,13H,3,5,9,11H2,1H3. The minimum absolute atomic E-state index is 0.0646. The number of piperidine rings is 1. The Morgan fingerprint density at radius 3 is 2.72 bits per heavy atom. The largest absolute Gasteiger partial charge is 0.477 e. The normalized spacial score (nSPS) is 18.7. The second-order valence-electron chi connectivity index (χ2n) is 5.57. The number of aromatic nitrogens is 2. The van der Waals surface area contributed by atoms with Gasteiger partial charge in [-0.05, 0) is 31.0 Å². The Hall–Kier alpha value is -2.26. The number of methoxy groups -OCH3 is 1. The summed E-state index contributed by atoms with van der Waals surface area (Å²) in [6.07, 6.45) is 3.87. The molecule has 134 valence electrons. The van der Waals surface area contributed by atoms with E-state index in [1.165, 1.54) is 42.0 Å². The molecular weight excluding hydrogens is 349 g/mol. The van der Waals surface area contributed by atoms with E-state index in [1.807, 2.05) is 0 Å². The van der Waals surface area contributed by atoms with Gasteiger partial charge in [0.1, 0.15) is 11.9 Å². The molecule has 2 aromatic rings. The third-order valence-corrected chi connectivity index (χ3v) is 5.74. The molecule has 3 rings (SSSR count). The van der Waals surface area contributed by atoms with Gasteiger partial charge in [0.05, 0.1) is 18.6 Å². The average Bonchev–Trinajstić information content (AvgIpc) is 2.62. The van der Waals surface area contributed by atoms with Crippen LogP contribution in [-0.4, -0.2) is 49.0 Å². The Labute approximate surface area is 145 Å². The molecule has 1 saturated heterocycles. The zero-order valence-electron chi connectivity index (χ0n) is 13.6. The summed E-state index contributed by atoms with van der Waals surface area (Å²) >= 11 is 0. The Bertz CT molecular complexity index is 847. The first-order valence-electron chi connectivity index (χ1n) is 7.78. The van der Waals surface area contributed by atoms with E-state index in [-0.39, 0.29) is 29.3 Å². The van der Waals surface area contributed by atoms with Crippen LogP contribution in [0.2, 0.25) is 0 Å². The van der Waals surface area contributed by atoms with Gasteiger partial charge in [0.25, 0.3) is 11.8 Å². The second-order valence-corrected chi connectivity index (χ2v) is 7.51. The summed E-state index contributed by atoms with van der Waals surface area (Å²) in [6.45, 7) is 0.509. The lowest BCUT2D eigenvalue weighted by molar-refractivity contribution is 0.119. The van der Waals surface area contributed by atoms with Crippen molar-refractivity contribution in [3.63, 3.8) is 0 Å². The predicted molar refractivity (Wildman–Crippen MR) is 87.4 cm³/mol. The maximum absolute atomic E-state index is 13.4. The summed E-state index contributed by atoms with van der Waals surface area (Å²) < 4.78 is 51.0. The average molecular weight is 367 g/mol. The van der Waals surface area contributed by atoms with Gasteiger partial charge in [-0.2, -0.15) is 4.31 Å². The van der Waals surface area contributed by atoms with E-state index in [1.54, 1.807) is 0 Å². The molecule has 2 heterocycles. The van der Waals surface area contributed by atoms with Crippen LogP contribution in [0, 0.1) is 5.82 Å². The number of nitrogens with zero attached hydrogens (tertiary/aromatic N) is 3. The van der Waals surface area contributed by atoms with Crippen molar-refractivity contribution in [1.82, 2.24) is 14.3 Å². The SMILES string of the molecule is COc1nccnc1OC1CCCN(S(=O)(=O)c2cccc(F)c2)C1. The van der Waals surface area contributed by atoms with Crippen LogP contribution in [0.25, 0.3) is 0 Å². The lowest BCUT2D eigenvalue weighted by Gasteiger charge is -2.31. The number of ether oxygens (including phenoxy) is 2. The second kappa shape index (κ2) is 7.32. The third kappa shape index (κ3) is 3.88. The Kier molecular flexibility index (Phi) is 5.14. The minimum atomic E-state index is -3.78. The fourth-order valence-electron chi connectivity index (χ4n) is 2.69. The molecule has 1 fully saturated rings. The number of hydrogen-bond acceptors (Lipinski definition) is 6. The maximum Gasteiger partial charge on any atom is 0.278 e. The topological polar surface area (TPSA) is 81.6 Å². The summed E-state index contributed by atoms with van der Waals surface area (Å²) in [7, 11) is -2.32. The van der Waals surface area contributed by atoms with E-state index in [0.717, 1.165) is 6.07 Å². The van der Waals surface area contributed by atoms with Gasteiger partial charge < -0.3 is 9.47 Å². The molecular formula is C16H18FN3O4S. The van der Waals surface area contributed by atoms with E-state index in [0.29, 0.717) is 19.4 Å². The van der Waals surface area contributed by atoms with Crippen LogP contribution < -0.4 is 9.47 Å². The van der Waals surface area contributed by atoms with Crippen molar-refractivity contribution in [2.45, 2.75) is 23.8 Å². The first-order valence-corrected chi connectivity index (χ1v) is 9.22. The Morgan fingerprint density at radius 1 is 1.24 bits per heavy atom. The summed E-state index contributed by atoms with van der Waals surface area (Å²) in [4.78, 5) is 8.01. The van der Waals surface area contributed by atoms with Crippen molar-refractivity contribution in [2.24, 2.45) is 0 Å². The molecule has 0 amide bonds. The quantitative estimate of drug-likeness (QED) is 0.802. The van der Waals surface area contributed by atoms with Crippen molar-refractivity contribution >= 4 is 10.0 Å². The van der Waals surface area contributed by atoms with Gasteiger partial charge in [-0.25, -0.2) is 22.8 Å². The van der Waals surface area contributed by atoms with Crippen molar-refractivity contribution < 1.29 is 22.3 Å². The fourth-order valence-corrected chi connectivity index (χ4v) is 4.23. The molecule has 0 aliphatic carbocycles. The van der Waals surface area contributed by atoms with E-state index in [4.69, 9.17) is 9.47 Å². The smallest absolute Gasteiger partial charge is 0.278 e. The minimum Gasteiger partial charge on any atom is -0.477 e. The highest BCUT2D eigenvalue weighted by atomic mass is 32.2. The van der Waals surface area contributed by atoms with Crippen LogP contribution in [0.5, 0.6) is 11.8 Å². The zero-order valence-corrected chi connectivity index (χ0v) is 14.4. The van der Waals surface area contributed by atoms with Gasteiger partial charge in [0, 0.05) is 18.9 Å². The number of halogens is 1. The monoisotopic (exact) mass is 367 g/mol. The summed E-state index contributed by atoms with van der Waals surface area (Å²) in [5, 5.41) is 0. The van der Waals surface area contributed by atoms with Gasteiger partial charge in [0.2, 0.25) is 10.0 Å². The predicted octanol–water partition coefficient (Wildman–Crippen LogP) is 1.86. The van der Waals surface area contributed by atoms with Crippen LogP contribution in [0.4, 0.5) is 4.39 Å². The van der Waals surface area contributed by atoms with Crippen LogP contribution in [-0.2, 0) is 10.0 Å². The molecule has 1 atom stereocenters. The van der Waals surface area contributed by atoms with Crippen LogP contribution in [0.1, 0.15) is 12.8 Å². The van der Waals surface area contributed by atoms with E-state index in [2.05, 4.69) is 9.97 Å². The van der Waals surface area contributed by atoms with E-state index >= 15 is 0 Å². The maximum atomic E-state index is 13.4. The molecule has 1 aliphatic rings. The molecule has 0 N–H and O–H groups in total. The molecule has 1 aromatic heterocycles. The van der Waals surface area contributed by atoms with Gasteiger partial charge in [-0.15, -0.1) is 0 Å².